The number of thioether (sulfide) groups is 1. The molecule has 0 aliphatic heterocycles. The molecule has 7 nitrogen and oxygen atoms in total. The predicted molar refractivity (Wildman–Crippen MR) is 99.8 cm³/mol. The Labute approximate surface area is 181 Å². The third-order valence-corrected chi connectivity index (χ3v) is 5.06. The molecule has 0 bridgehead atoms. The molecule has 1 aromatic carbocycles. The Bertz CT molecular complexity index is 706. The van der Waals surface area contributed by atoms with Crippen molar-refractivity contribution in [3.63, 3.8) is 0 Å². The first-order chi connectivity index (χ1) is 11.6. The summed E-state index contributed by atoms with van der Waals surface area (Å²) >= 11 is 1.04. The van der Waals surface area contributed by atoms with Crippen LogP contribution in [0.4, 0.5) is 5.69 Å². The van der Waals surface area contributed by atoms with Gasteiger partial charge in [-0.1, -0.05) is 23.9 Å². The molecular formula is C16H23N2NaO5S2. The van der Waals surface area contributed by atoms with Crippen LogP contribution in [0.15, 0.2) is 29.3 Å². The van der Waals surface area contributed by atoms with Gasteiger partial charge in [0.1, 0.15) is 0 Å². The van der Waals surface area contributed by atoms with Crippen LogP contribution in [0.2, 0.25) is 0 Å². The van der Waals surface area contributed by atoms with E-state index in [4.69, 9.17) is 4.55 Å². The third kappa shape index (κ3) is 10.5. The normalized spacial score (nSPS) is 13.0. The van der Waals surface area contributed by atoms with Gasteiger partial charge >= 0.3 is 29.6 Å². The topological polar surface area (TPSA) is 110 Å². The van der Waals surface area contributed by atoms with Crippen molar-refractivity contribution in [3.8, 4) is 0 Å². The van der Waals surface area contributed by atoms with Crippen LogP contribution >= 0.6 is 11.8 Å². The minimum Gasteiger partial charge on any atom is -0.862 e. The van der Waals surface area contributed by atoms with E-state index in [0.717, 1.165) is 23.0 Å². The van der Waals surface area contributed by atoms with Gasteiger partial charge in [0.25, 0.3) is 10.1 Å². The van der Waals surface area contributed by atoms with Gasteiger partial charge in [-0.15, -0.1) is 0 Å². The van der Waals surface area contributed by atoms with Crippen LogP contribution in [0, 0.1) is 5.92 Å². The molecule has 1 unspecified atom stereocenters. The van der Waals surface area contributed by atoms with Crippen LogP contribution < -0.4 is 39.6 Å². The first-order valence-electron chi connectivity index (χ1n) is 7.64. The molecule has 0 aromatic heterocycles. The Balaban J connectivity index is 0.00000625. The van der Waals surface area contributed by atoms with Gasteiger partial charge in [-0.05, 0) is 30.0 Å². The van der Waals surface area contributed by atoms with Crippen LogP contribution in [0.5, 0.6) is 0 Å². The van der Waals surface area contributed by atoms with Crippen LogP contribution in [-0.2, 0) is 21.3 Å². The Hall–Kier alpha value is -0.580. The van der Waals surface area contributed by atoms with Crippen LogP contribution in [0.1, 0.15) is 12.5 Å². The monoisotopic (exact) mass is 410 g/mol. The second-order valence-electron chi connectivity index (χ2n) is 5.77. The number of rotatable bonds is 9. The zero-order chi connectivity index (χ0) is 19.0. The predicted octanol–water partition coefficient (Wildman–Crippen LogP) is -2.16. The molecule has 1 N–H and O–H groups in total. The van der Waals surface area contributed by atoms with Crippen molar-refractivity contribution in [1.82, 2.24) is 0 Å². The summed E-state index contributed by atoms with van der Waals surface area (Å²) in [4.78, 5) is 16.9. The minimum absolute atomic E-state index is 0. The molecule has 0 amide bonds. The van der Waals surface area contributed by atoms with Crippen molar-refractivity contribution in [1.29, 1.82) is 0 Å². The fourth-order valence-corrected chi connectivity index (χ4v) is 3.07. The van der Waals surface area contributed by atoms with Crippen LogP contribution in [-0.4, -0.2) is 56.1 Å². The minimum atomic E-state index is -4.15. The number of nitrogens with zero attached hydrogens (tertiary/aromatic N) is 2. The van der Waals surface area contributed by atoms with E-state index in [0.29, 0.717) is 6.42 Å². The summed E-state index contributed by atoms with van der Waals surface area (Å²) in [5.41, 5.74) is 1.96. The number of anilines is 1. The molecule has 0 heterocycles. The van der Waals surface area contributed by atoms with Gasteiger partial charge in [0, 0.05) is 38.4 Å². The largest absolute Gasteiger partial charge is 1.00 e. The zero-order valence-electron chi connectivity index (χ0n) is 15.5. The van der Waals surface area contributed by atoms with Crippen LogP contribution in [0.3, 0.4) is 0 Å². The first-order valence-corrected chi connectivity index (χ1v) is 10.2. The van der Waals surface area contributed by atoms with Gasteiger partial charge in [-0.2, -0.15) is 8.42 Å². The Morgan fingerprint density at radius 2 is 1.88 bits per heavy atom. The second-order valence-corrected chi connectivity index (χ2v) is 8.54. The summed E-state index contributed by atoms with van der Waals surface area (Å²) in [6.07, 6.45) is 0.405. The standard InChI is InChI=1S/C16H24N2O5S2.Na/c1-12(19)24-11-14(16(20)17-8-9-25(21,22)23)10-13-4-6-15(7-5-13)18(2)3;/h4-7,14H,8-11H2,1-3H3,(H,17,20)(H,21,22,23);/q;+1/p-1. The molecule has 1 atom stereocenters. The Morgan fingerprint density at radius 1 is 1.31 bits per heavy atom. The molecule has 1 rings (SSSR count). The van der Waals surface area contributed by atoms with E-state index < -0.39 is 27.7 Å². The fourth-order valence-electron chi connectivity index (χ4n) is 2.05. The third-order valence-electron chi connectivity index (χ3n) is 3.39. The molecule has 0 radical (unpaired) electrons. The van der Waals surface area contributed by atoms with E-state index >= 15 is 0 Å². The van der Waals surface area contributed by atoms with Gasteiger partial charge in [0.2, 0.25) is 0 Å². The maximum Gasteiger partial charge on any atom is 1.00 e. The molecule has 140 valence electrons. The van der Waals surface area contributed by atoms with Gasteiger partial charge in [0.15, 0.2) is 5.12 Å². The van der Waals surface area contributed by atoms with E-state index in [2.05, 4.69) is 4.99 Å². The number of benzene rings is 1. The van der Waals surface area contributed by atoms with Gasteiger partial charge in [0.05, 0.1) is 12.3 Å². The summed E-state index contributed by atoms with van der Waals surface area (Å²) in [6.45, 7) is 1.13. The Kier molecular flexibility index (Phi) is 11.7. The van der Waals surface area contributed by atoms with Crippen molar-refractivity contribution >= 4 is 38.6 Å². The van der Waals surface area contributed by atoms with Crippen LogP contribution in [0.25, 0.3) is 0 Å². The fraction of sp³-hybridized carbons (Fsp3) is 0.500. The maximum atomic E-state index is 12.2. The van der Waals surface area contributed by atoms with Gasteiger partial charge in [-0.25, -0.2) is 0 Å². The Morgan fingerprint density at radius 3 is 2.35 bits per heavy atom. The summed E-state index contributed by atoms with van der Waals surface area (Å²) in [6, 6.07) is 7.69. The molecule has 0 aliphatic rings. The summed E-state index contributed by atoms with van der Waals surface area (Å²) in [7, 11) is -0.294. The van der Waals surface area contributed by atoms with Crippen molar-refractivity contribution in [2.75, 3.05) is 37.0 Å². The van der Waals surface area contributed by atoms with Crippen molar-refractivity contribution in [3.05, 3.63) is 29.8 Å². The summed E-state index contributed by atoms with van der Waals surface area (Å²) in [5.74, 6) is -1.31. The molecular weight excluding hydrogens is 387 g/mol. The number of aliphatic imine (C=N–C) groups is 1. The quantitative estimate of drug-likeness (QED) is 0.214. The van der Waals surface area contributed by atoms with E-state index in [1.54, 1.807) is 0 Å². The van der Waals surface area contributed by atoms with Crippen molar-refractivity contribution in [2.45, 2.75) is 13.3 Å². The maximum absolute atomic E-state index is 12.2. The van der Waals surface area contributed by atoms with Gasteiger partial charge < -0.3 is 15.0 Å². The zero-order valence-corrected chi connectivity index (χ0v) is 19.1. The molecule has 1 aromatic rings. The smallest absolute Gasteiger partial charge is 0.862 e. The van der Waals surface area contributed by atoms with Gasteiger partial charge in [-0.3, -0.25) is 9.35 Å². The number of hydrogen-bond acceptors (Lipinski definition) is 7. The molecule has 0 spiro atoms. The van der Waals surface area contributed by atoms with E-state index in [1.807, 2.05) is 43.3 Å². The van der Waals surface area contributed by atoms with Crippen molar-refractivity contribution < 1.29 is 52.4 Å². The van der Waals surface area contributed by atoms with E-state index in [1.165, 1.54) is 6.92 Å². The van der Waals surface area contributed by atoms with E-state index in [-0.39, 0.29) is 47.0 Å². The molecule has 0 fully saturated rings. The van der Waals surface area contributed by atoms with E-state index in [9.17, 15) is 18.3 Å². The summed E-state index contributed by atoms with van der Waals surface area (Å²) in [5, 5.41) is 12.1. The molecule has 26 heavy (non-hydrogen) atoms. The summed E-state index contributed by atoms with van der Waals surface area (Å²) < 4.78 is 30.1. The molecule has 0 aliphatic carbocycles. The second kappa shape index (κ2) is 12.0. The average Bonchev–Trinajstić information content (AvgIpc) is 2.50. The molecule has 0 saturated heterocycles. The number of hydrogen-bond donors (Lipinski definition) is 1. The SMILES string of the molecule is CC(=O)SCC(Cc1ccc(N(C)C)cc1)C([O-])=NCCS(=O)(=O)O.[Na+]. The first kappa shape index (κ1) is 25.4. The number of carbonyl (C=O) groups is 1. The average molecular weight is 410 g/mol. The van der Waals surface area contributed by atoms with Crippen molar-refractivity contribution in [2.24, 2.45) is 10.9 Å². The molecule has 0 saturated carbocycles. The molecule has 10 heteroatoms. The number of carbonyl (C=O) groups excluding carboxylic acids is 1.